The second-order valence-corrected chi connectivity index (χ2v) is 7.55. The van der Waals surface area contributed by atoms with Crippen molar-refractivity contribution in [2.75, 3.05) is 13.7 Å². The van der Waals surface area contributed by atoms with Crippen LogP contribution in [0.25, 0.3) is 11.4 Å². The van der Waals surface area contributed by atoms with E-state index in [1.807, 2.05) is 48.5 Å². The normalized spacial score (nSPS) is 11.3. The molecule has 3 rings (SSSR count). The van der Waals surface area contributed by atoms with Crippen LogP contribution < -0.4 is 10.1 Å². The average molecular weight is 379 g/mol. The van der Waals surface area contributed by atoms with Gasteiger partial charge in [-0.05, 0) is 35.2 Å². The molecule has 0 aliphatic heterocycles. The van der Waals surface area contributed by atoms with Crippen molar-refractivity contribution in [1.82, 2.24) is 15.5 Å². The van der Waals surface area contributed by atoms with Crippen LogP contribution in [0.5, 0.6) is 5.75 Å². The number of carbonyl (C=O) groups is 1. The molecule has 6 heteroatoms. The zero-order valence-electron chi connectivity index (χ0n) is 16.7. The maximum absolute atomic E-state index is 12.3. The van der Waals surface area contributed by atoms with E-state index in [2.05, 4.69) is 36.2 Å². The fourth-order valence-corrected chi connectivity index (χ4v) is 2.80. The van der Waals surface area contributed by atoms with Crippen molar-refractivity contribution < 1.29 is 14.1 Å². The van der Waals surface area contributed by atoms with Crippen molar-refractivity contribution in [3.8, 4) is 17.1 Å². The van der Waals surface area contributed by atoms with E-state index < -0.39 is 0 Å². The van der Waals surface area contributed by atoms with Gasteiger partial charge in [0.25, 0.3) is 5.91 Å². The molecule has 0 aliphatic carbocycles. The van der Waals surface area contributed by atoms with Crippen LogP contribution in [-0.4, -0.2) is 29.7 Å². The smallest absolute Gasteiger partial charge is 0.251 e. The fourth-order valence-electron chi connectivity index (χ4n) is 2.80. The third kappa shape index (κ3) is 4.57. The lowest BCUT2D eigenvalue weighted by Gasteiger charge is -2.19. The molecule has 0 saturated carbocycles. The van der Waals surface area contributed by atoms with E-state index in [1.165, 1.54) is 5.56 Å². The first kappa shape index (κ1) is 19.6. The summed E-state index contributed by atoms with van der Waals surface area (Å²) in [7, 11) is 1.60. The van der Waals surface area contributed by atoms with E-state index >= 15 is 0 Å². The molecule has 0 fully saturated rings. The van der Waals surface area contributed by atoms with Crippen molar-refractivity contribution in [2.24, 2.45) is 0 Å². The van der Waals surface area contributed by atoms with Crippen LogP contribution >= 0.6 is 0 Å². The zero-order chi connectivity index (χ0) is 20.1. The summed E-state index contributed by atoms with van der Waals surface area (Å²) in [6.45, 7) is 6.84. The largest absolute Gasteiger partial charge is 0.496 e. The van der Waals surface area contributed by atoms with Crippen LogP contribution in [0.4, 0.5) is 0 Å². The molecule has 0 aliphatic rings. The minimum Gasteiger partial charge on any atom is -0.496 e. The summed E-state index contributed by atoms with van der Waals surface area (Å²) in [6.07, 6.45) is 0.452. The Morgan fingerprint density at radius 3 is 2.50 bits per heavy atom. The van der Waals surface area contributed by atoms with Gasteiger partial charge in [-0.25, -0.2) is 0 Å². The number of rotatable bonds is 6. The van der Waals surface area contributed by atoms with E-state index in [1.54, 1.807) is 7.11 Å². The number of hydrogen-bond donors (Lipinski definition) is 1. The van der Waals surface area contributed by atoms with Gasteiger partial charge >= 0.3 is 0 Å². The third-order valence-corrected chi connectivity index (χ3v) is 4.45. The van der Waals surface area contributed by atoms with Gasteiger partial charge in [-0.2, -0.15) is 4.98 Å². The number of amides is 1. The maximum atomic E-state index is 12.3. The minimum absolute atomic E-state index is 0.0616. The number of nitrogens with one attached hydrogen (secondary N) is 1. The maximum Gasteiger partial charge on any atom is 0.251 e. The number of aromatic nitrogens is 2. The fraction of sp³-hybridized carbons (Fsp3) is 0.318. The molecule has 3 aromatic rings. The number of carbonyl (C=O) groups excluding carboxylic acids is 1. The minimum atomic E-state index is -0.120. The average Bonchev–Trinajstić information content (AvgIpc) is 3.16. The van der Waals surface area contributed by atoms with Crippen molar-refractivity contribution in [2.45, 2.75) is 32.6 Å². The predicted octanol–water partition coefficient (Wildman–Crippen LogP) is 4.02. The summed E-state index contributed by atoms with van der Waals surface area (Å²) in [5, 5.41) is 6.89. The van der Waals surface area contributed by atoms with Gasteiger partial charge in [-0.3, -0.25) is 4.79 Å². The van der Waals surface area contributed by atoms with Crippen LogP contribution in [0.1, 0.15) is 42.6 Å². The Morgan fingerprint density at radius 2 is 1.82 bits per heavy atom. The first-order chi connectivity index (χ1) is 13.4. The SMILES string of the molecule is COc1ccccc1-c1noc(CCNC(=O)c2ccc(C(C)(C)C)cc2)n1. The molecule has 0 bridgehead atoms. The molecule has 0 spiro atoms. The quantitative estimate of drug-likeness (QED) is 0.700. The van der Waals surface area contributed by atoms with Gasteiger partial charge in [0.2, 0.25) is 11.7 Å². The van der Waals surface area contributed by atoms with E-state index in [0.717, 1.165) is 5.56 Å². The van der Waals surface area contributed by atoms with Gasteiger partial charge in [0.15, 0.2) is 0 Å². The first-order valence-corrected chi connectivity index (χ1v) is 9.23. The number of nitrogens with zero attached hydrogens (tertiary/aromatic N) is 2. The number of methoxy groups -OCH3 is 1. The van der Waals surface area contributed by atoms with Gasteiger partial charge in [0, 0.05) is 18.5 Å². The first-order valence-electron chi connectivity index (χ1n) is 9.23. The Morgan fingerprint density at radius 1 is 1.11 bits per heavy atom. The van der Waals surface area contributed by atoms with Crippen molar-refractivity contribution in [3.63, 3.8) is 0 Å². The van der Waals surface area contributed by atoms with Crippen molar-refractivity contribution in [3.05, 3.63) is 65.5 Å². The standard InChI is InChI=1S/C22H25N3O3/c1-22(2,3)16-11-9-15(10-12-16)21(26)23-14-13-19-24-20(25-28-19)17-7-5-6-8-18(17)27-4/h5-12H,13-14H2,1-4H3,(H,23,26). The zero-order valence-corrected chi connectivity index (χ0v) is 16.7. The van der Waals surface area contributed by atoms with E-state index in [4.69, 9.17) is 9.26 Å². The Kier molecular flexibility index (Phi) is 5.78. The highest BCUT2D eigenvalue weighted by atomic mass is 16.5. The molecule has 28 heavy (non-hydrogen) atoms. The highest BCUT2D eigenvalue weighted by Crippen LogP contribution is 2.27. The van der Waals surface area contributed by atoms with Crippen molar-refractivity contribution in [1.29, 1.82) is 0 Å². The van der Waals surface area contributed by atoms with Gasteiger partial charge in [-0.15, -0.1) is 0 Å². The lowest BCUT2D eigenvalue weighted by molar-refractivity contribution is 0.0953. The monoisotopic (exact) mass is 379 g/mol. The highest BCUT2D eigenvalue weighted by Gasteiger charge is 2.15. The Bertz CT molecular complexity index is 940. The number of para-hydroxylation sites is 1. The number of benzene rings is 2. The lowest BCUT2D eigenvalue weighted by atomic mass is 9.87. The predicted molar refractivity (Wildman–Crippen MR) is 107 cm³/mol. The third-order valence-electron chi connectivity index (χ3n) is 4.45. The van der Waals surface area contributed by atoms with Gasteiger partial charge in [0.05, 0.1) is 12.7 Å². The Labute approximate surface area is 164 Å². The second kappa shape index (κ2) is 8.25. The van der Waals surface area contributed by atoms with Gasteiger partial charge < -0.3 is 14.6 Å². The molecule has 146 valence electrons. The highest BCUT2D eigenvalue weighted by molar-refractivity contribution is 5.94. The van der Waals surface area contributed by atoms with E-state index in [-0.39, 0.29) is 11.3 Å². The Hall–Kier alpha value is -3.15. The summed E-state index contributed by atoms with van der Waals surface area (Å²) >= 11 is 0. The summed E-state index contributed by atoms with van der Waals surface area (Å²) in [5.74, 6) is 1.49. The van der Waals surface area contributed by atoms with Crippen LogP contribution in [0.15, 0.2) is 53.1 Å². The van der Waals surface area contributed by atoms with E-state index in [9.17, 15) is 4.79 Å². The molecule has 1 amide bonds. The lowest BCUT2D eigenvalue weighted by Crippen LogP contribution is -2.25. The Balaban J connectivity index is 1.57. The summed E-state index contributed by atoms with van der Waals surface area (Å²) in [5.41, 5.74) is 2.65. The van der Waals surface area contributed by atoms with E-state index in [0.29, 0.717) is 36.0 Å². The molecular formula is C22H25N3O3. The summed E-state index contributed by atoms with van der Waals surface area (Å²) < 4.78 is 10.6. The van der Waals surface area contributed by atoms with Gasteiger partial charge in [-0.1, -0.05) is 50.2 Å². The molecule has 0 unspecified atom stereocenters. The molecule has 0 saturated heterocycles. The number of ether oxygens (including phenoxy) is 1. The van der Waals surface area contributed by atoms with Crippen LogP contribution in [0, 0.1) is 0 Å². The molecule has 1 aromatic heterocycles. The van der Waals surface area contributed by atoms with Crippen LogP contribution in [0.3, 0.4) is 0 Å². The van der Waals surface area contributed by atoms with Crippen LogP contribution in [-0.2, 0) is 11.8 Å². The molecule has 0 radical (unpaired) electrons. The second-order valence-electron chi connectivity index (χ2n) is 7.55. The van der Waals surface area contributed by atoms with Crippen molar-refractivity contribution >= 4 is 5.91 Å². The van der Waals surface area contributed by atoms with Gasteiger partial charge in [0.1, 0.15) is 5.75 Å². The molecular weight excluding hydrogens is 354 g/mol. The molecule has 6 nitrogen and oxygen atoms in total. The topological polar surface area (TPSA) is 77.3 Å². The number of hydrogen-bond acceptors (Lipinski definition) is 5. The van der Waals surface area contributed by atoms with Crippen LogP contribution in [0.2, 0.25) is 0 Å². The molecule has 0 atom stereocenters. The molecule has 1 N–H and O–H groups in total. The summed E-state index contributed by atoms with van der Waals surface area (Å²) in [4.78, 5) is 16.7. The summed E-state index contributed by atoms with van der Waals surface area (Å²) in [6, 6.07) is 15.2. The molecule has 1 heterocycles. The molecule has 2 aromatic carbocycles.